The fourth-order valence-electron chi connectivity index (χ4n) is 3.20. The largest absolute Gasteiger partial charge is 0.504 e. The molecule has 6 heteroatoms. The Morgan fingerprint density at radius 2 is 1.14 bits per heavy atom. The van der Waals surface area contributed by atoms with Crippen molar-refractivity contribution in [2.45, 2.75) is 46.0 Å². The second-order valence-electron chi connectivity index (χ2n) is 7.18. The van der Waals surface area contributed by atoms with E-state index in [1.165, 1.54) is 14.2 Å². The van der Waals surface area contributed by atoms with Crippen LogP contribution in [0.15, 0.2) is 24.3 Å². The minimum absolute atomic E-state index is 0.0948. The normalized spacial score (nSPS) is 10.6. The van der Waals surface area contributed by atoms with Crippen molar-refractivity contribution in [1.82, 2.24) is 0 Å². The molecule has 2 rings (SSSR count). The number of hydrogen-bond donors (Lipinski definition) is 2. The highest BCUT2D eigenvalue weighted by Gasteiger charge is 2.13. The molecule has 0 aliphatic heterocycles. The third-order valence-corrected chi connectivity index (χ3v) is 4.87. The summed E-state index contributed by atoms with van der Waals surface area (Å²) in [5.41, 5.74) is 3.12. The first-order valence-corrected chi connectivity index (χ1v) is 9.51. The Bertz CT molecular complexity index is 827. The predicted molar refractivity (Wildman–Crippen MR) is 110 cm³/mol. The first-order chi connectivity index (χ1) is 13.7. The second-order valence-corrected chi connectivity index (χ2v) is 7.18. The van der Waals surface area contributed by atoms with E-state index in [2.05, 4.69) is 0 Å². The summed E-state index contributed by atoms with van der Waals surface area (Å²) in [6, 6.07) is 7.04. The average molecular weight is 400 g/mol. The van der Waals surface area contributed by atoms with E-state index in [0.717, 1.165) is 11.1 Å². The maximum absolute atomic E-state index is 12.2. The van der Waals surface area contributed by atoms with Crippen LogP contribution < -0.4 is 9.47 Å². The second kappa shape index (κ2) is 9.96. The van der Waals surface area contributed by atoms with Crippen LogP contribution >= 0.6 is 0 Å². The summed E-state index contributed by atoms with van der Waals surface area (Å²) in [5.74, 6) is 0.724. The lowest BCUT2D eigenvalue weighted by molar-refractivity contribution is -0.126. The molecule has 6 nitrogen and oxygen atoms in total. The number of ketones is 2. The molecule has 0 aliphatic rings. The van der Waals surface area contributed by atoms with Crippen molar-refractivity contribution in [1.29, 1.82) is 0 Å². The van der Waals surface area contributed by atoms with Gasteiger partial charge in [-0.25, -0.2) is 0 Å². The lowest BCUT2D eigenvalue weighted by Crippen LogP contribution is -2.10. The van der Waals surface area contributed by atoms with Crippen LogP contribution in [0.1, 0.15) is 41.5 Å². The molecule has 0 aromatic heterocycles. The number of aryl methyl sites for hydroxylation is 4. The minimum Gasteiger partial charge on any atom is -0.504 e. The molecule has 0 amide bonds. The topological polar surface area (TPSA) is 93.1 Å². The van der Waals surface area contributed by atoms with Gasteiger partial charge >= 0.3 is 0 Å². The zero-order chi connectivity index (χ0) is 21.6. The van der Waals surface area contributed by atoms with E-state index < -0.39 is 0 Å². The van der Waals surface area contributed by atoms with Gasteiger partial charge in [0.05, 0.1) is 20.6 Å². The smallest absolute Gasteiger partial charge is 0.161 e. The average Bonchev–Trinajstić information content (AvgIpc) is 2.69. The Hall–Kier alpha value is -3.02. The third-order valence-electron chi connectivity index (χ3n) is 4.87. The van der Waals surface area contributed by atoms with Gasteiger partial charge in [0.25, 0.3) is 0 Å². The van der Waals surface area contributed by atoms with Gasteiger partial charge in [0.2, 0.25) is 0 Å². The van der Waals surface area contributed by atoms with Crippen molar-refractivity contribution in [2.24, 2.45) is 0 Å². The fourth-order valence-corrected chi connectivity index (χ4v) is 3.20. The van der Waals surface area contributed by atoms with Gasteiger partial charge in [0, 0.05) is 12.8 Å². The number of rotatable bonds is 10. The Balaban J connectivity index is 1.86. The number of carbonyl (C=O) groups is 2. The number of phenols is 2. The lowest BCUT2D eigenvalue weighted by Gasteiger charge is -2.10. The van der Waals surface area contributed by atoms with Crippen molar-refractivity contribution in [2.75, 3.05) is 14.2 Å². The molecule has 0 saturated heterocycles. The van der Waals surface area contributed by atoms with Gasteiger partial charge in [0.1, 0.15) is 11.6 Å². The molecule has 2 aromatic rings. The number of carbonyl (C=O) groups excluding carboxylic acids is 2. The van der Waals surface area contributed by atoms with Crippen molar-refractivity contribution < 1.29 is 29.3 Å². The van der Waals surface area contributed by atoms with Crippen LogP contribution in [0.3, 0.4) is 0 Å². The molecule has 2 aromatic carbocycles. The third kappa shape index (κ3) is 5.98. The van der Waals surface area contributed by atoms with Crippen LogP contribution in [0, 0.1) is 13.8 Å². The first kappa shape index (κ1) is 22.3. The molecule has 0 aliphatic carbocycles. The predicted octanol–water partition coefficient (Wildman–Crippen LogP) is 3.83. The van der Waals surface area contributed by atoms with Crippen LogP contribution in [0.4, 0.5) is 0 Å². The number of phenolic OH excluding ortho intramolecular Hbond substituents is 2. The number of hydrogen-bond acceptors (Lipinski definition) is 6. The van der Waals surface area contributed by atoms with Crippen molar-refractivity contribution in [3.63, 3.8) is 0 Å². The quantitative estimate of drug-likeness (QED) is 0.589. The van der Waals surface area contributed by atoms with Gasteiger partial charge in [-0.15, -0.1) is 0 Å². The summed E-state index contributed by atoms with van der Waals surface area (Å²) in [5, 5.41) is 19.8. The Morgan fingerprint density at radius 1 is 0.759 bits per heavy atom. The van der Waals surface area contributed by atoms with Crippen LogP contribution in [0.5, 0.6) is 23.0 Å². The molecule has 0 bridgehead atoms. The summed E-state index contributed by atoms with van der Waals surface area (Å²) in [7, 11) is 2.96. The molecular formula is C23H28O6. The highest BCUT2D eigenvalue weighted by atomic mass is 16.5. The summed E-state index contributed by atoms with van der Waals surface area (Å²) in [6.45, 7) is 3.54. The van der Waals surface area contributed by atoms with Gasteiger partial charge in [0.15, 0.2) is 23.0 Å². The van der Waals surface area contributed by atoms with Crippen LogP contribution in [0.25, 0.3) is 0 Å². The molecule has 0 fully saturated rings. The van der Waals surface area contributed by atoms with Gasteiger partial charge in [-0.05, 0) is 61.1 Å². The summed E-state index contributed by atoms with van der Waals surface area (Å²) in [4.78, 5) is 24.4. The zero-order valence-electron chi connectivity index (χ0n) is 17.4. The van der Waals surface area contributed by atoms with Gasteiger partial charge < -0.3 is 19.7 Å². The molecule has 156 valence electrons. The Kier molecular flexibility index (Phi) is 7.65. The highest BCUT2D eigenvalue weighted by molar-refractivity contribution is 5.99. The number of Topliss-reactive ketones (excluding diaryl/α,β-unsaturated/α-hetero) is 2. The van der Waals surface area contributed by atoms with Crippen LogP contribution in [-0.2, 0) is 22.4 Å². The zero-order valence-corrected chi connectivity index (χ0v) is 17.4. The molecule has 0 atom stereocenters. The first-order valence-electron chi connectivity index (χ1n) is 9.51. The van der Waals surface area contributed by atoms with Gasteiger partial charge in [-0.1, -0.05) is 12.1 Å². The molecule has 29 heavy (non-hydrogen) atoms. The van der Waals surface area contributed by atoms with E-state index in [1.807, 2.05) is 12.1 Å². The number of methoxy groups -OCH3 is 2. The summed E-state index contributed by atoms with van der Waals surface area (Å²) >= 11 is 0. The number of aromatic hydroxyl groups is 2. The van der Waals surface area contributed by atoms with E-state index in [9.17, 15) is 19.8 Å². The van der Waals surface area contributed by atoms with Crippen molar-refractivity contribution in [3.05, 3.63) is 46.5 Å². The maximum atomic E-state index is 12.2. The van der Waals surface area contributed by atoms with Crippen LogP contribution in [0.2, 0.25) is 0 Å². The van der Waals surface area contributed by atoms with Gasteiger partial charge in [-0.2, -0.15) is 0 Å². The van der Waals surface area contributed by atoms with E-state index >= 15 is 0 Å². The fraction of sp³-hybridized carbons (Fsp3) is 0.391. The SMILES string of the molecule is COc1cc(CCC(=O)CC(=O)CCc2cc(C)c(O)c(OC)c2)cc(C)c1O. The van der Waals surface area contributed by atoms with E-state index in [0.29, 0.717) is 35.5 Å². The molecule has 0 unspecified atom stereocenters. The Labute approximate surface area is 171 Å². The monoisotopic (exact) mass is 400 g/mol. The molecule has 0 spiro atoms. The number of ether oxygens (including phenoxy) is 2. The lowest BCUT2D eigenvalue weighted by atomic mass is 9.99. The molecule has 0 saturated carbocycles. The minimum atomic E-state index is -0.112. The van der Waals surface area contributed by atoms with Crippen molar-refractivity contribution >= 4 is 11.6 Å². The summed E-state index contributed by atoms with van der Waals surface area (Å²) < 4.78 is 10.3. The van der Waals surface area contributed by atoms with E-state index in [4.69, 9.17) is 9.47 Å². The standard InChI is InChI=1S/C23H28O6/c1-14-9-16(11-20(28-3)22(14)26)5-7-18(24)13-19(25)8-6-17-10-15(2)23(27)21(12-17)29-4/h9-12,26-27H,5-8,13H2,1-4H3. The molecular weight excluding hydrogens is 372 g/mol. The molecule has 2 N–H and O–H groups in total. The van der Waals surface area contributed by atoms with Crippen molar-refractivity contribution in [3.8, 4) is 23.0 Å². The van der Waals surface area contributed by atoms with Crippen LogP contribution in [-0.4, -0.2) is 36.0 Å². The maximum Gasteiger partial charge on any atom is 0.161 e. The number of benzene rings is 2. The molecule has 0 heterocycles. The van der Waals surface area contributed by atoms with E-state index in [1.54, 1.807) is 26.0 Å². The molecule has 0 radical (unpaired) electrons. The Morgan fingerprint density at radius 3 is 1.48 bits per heavy atom. The summed E-state index contributed by atoms with van der Waals surface area (Å²) in [6.07, 6.45) is 1.38. The van der Waals surface area contributed by atoms with Gasteiger partial charge in [-0.3, -0.25) is 9.59 Å². The van der Waals surface area contributed by atoms with E-state index in [-0.39, 0.29) is 42.3 Å². The highest BCUT2D eigenvalue weighted by Crippen LogP contribution is 2.32.